The summed E-state index contributed by atoms with van der Waals surface area (Å²) in [7, 11) is -3.57. The molecule has 0 saturated heterocycles. The zero-order valence-electron chi connectivity index (χ0n) is 12.0. The summed E-state index contributed by atoms with van der Waals surface area (Å²) in [6.07, 6.45) is 1.84. The molecule has 0 radical (unpaired) electrons. The van der Waals surface area contributed by atoms with Crippen LogP contribution >= 0.6 is 0 Å². The molecule has 7 nitrogen and oxygen atoms in total. The van der Waals surface area contributed by atoms with Crippen LogP contribution < -0.4 is 10.5 Å². The van der Waals surface area contributed by atoms with Gasteiger partial charge in [-0.1, -0.05) is 6.07 Å². The average Bonchev–Trinajstić information content (AvgIpc) is 2.94. The Morgan fingerprint density at radius 3 is 2.71 bits per heavy atom. The van der Waals surface area contributed by atoms with Gasteiger partial charge in [0.15, 0.2) is 0 Å². The van der Waals surface area contributed by atoms with Crippen molar-refractivity contribution in [1.82, 2.24) is 19.9 Å². The molecule has 0 spiro atoms. The average molecular weight is 309 g/mol. The fourth-order valence-electron chi connectivity index (χ4n) is 2.03. The van der Waals surface area contributed by atoms with Crippen molar-refractivity contribution in [2.24, 2.45) is 5.73 Å². The predicted octanol–water partition coefficient (Wildman–Crippen LogP) is 0.401. The molecular weight excluding hydrogens is 290 g/mol. The molecule has 0 unspecified atom stereocenters. The zero-order chi connectivity index (χ0) is 15.5. The summed E-state index contributed by atoms with van der Waals surface area (Å²) in [5.74, 6) is 0.640. The van der Waals surface area contributed by atoms with Gasteiger partial charge in [-0.3, -0.25) is 5.10 Å². The number of nitrogens with one attached hydrogen (secondary N) is 2. The molecule has 114 valence electrons. The molecule has 1 aromatic carbocycles. The van der Waals surface area contributed by atoms with Crippen molar-refractivity contribution in [2.45, 2.75) is 31.7 Å². The van der Waals surface area contributed by atoms with Gasteiger partial charge < -0.3 is 5.73 Å². The van der Waals surface area contributed by atoms with Crippen LogP contribution in [0.3, 0.4) is 0 Å². The maximum absolute atomic E-state index is 12.4. The van der Waals surface area contributed by atoms with E-state index in [0.717, 1.165) is 16.7 Å². The molecule has 0 bridgehead atoms. The summed E-state index contributed by atoms with van der Waals surface area (Å²) in [5, 5.41) is 6.41. The predicted molar refractivity (Wildman–Crippen MR) is 79.1 cm³/mol. The first-order chi connectivity index (χ1) is 9.94. The van der Waals surface area contributed by atoms with Gasteiger partial charge in [0.05, 0.1) is 4.90 Å². The second kappa shape index (κ2) is 6.33. The lowest BCUT2D eigenvalue weighted by Crippen LogP contribution is -2.27. The van der Waals surface area contributed by atoms with E-state index in [4.69, 9.17) is 5.73 Å². The minimum absolute atomic E-state index is 0.253. The highest BCUT2D eigenvalue weighted by atomic mass is 32.2. The number of H-pyrrole nitrogens is 1. The zero-order valence-corrected chi connectivity index (χ0v) is 12.9. The van der Waals surface area contributed by atoms with Gasteiger partial charge in [-0.2, -0.15) is 5.10 Å². The lowest BCUT2D eigenvalue weighted by atomic mass is 10.1. The molecule has 2 aromatic rings. The van der Waals surface area contributed by atoms with E-state index in [1.165, 1.54) is 6.33 Å². The van der Waals surface area contributed by atoms with E-state index in [-0.39, 0.29) is 11.4 Å². The number of hydrogen-bond donors (Lipinski definition) is 3. The third-order valence-corrected chi connectivity index (χ3v) is 4.91. The van der Waals surface area contributed by atoms with E-state index in [9.17, 15) is 8.42 Å². The highest BCUT2D eigenvalue weighted by Crippen LogP contribution is 2.20. The van der Waals surface area contributed by atoms with Crippen LogP contribution in [-0.2, 0) is 23.0 Å². The molecular formula is C13H19N5O2S. The van der Waals surface area contributed by atoms with Gasteiger partial charge in [0.25, 0.3) is 0 Å². The number of rotatable bonds is 6. The van der Waals surface area contributed by atoms with Crippen molar-refractivity contribution < 1.29 is 8.42 Å². The van der Waals surface area contributed by atoms with Crippen molar-refractivity contribution in [3.05, 3.63) is 41.0 Å². The first kappa shape index (κ1) is 15.6. The van der Waals surface area contributed by atoms with Crippen LogP contribution in [0.2, 0.25) is 0 Å². The van der Waals surface area contributed by atoms with E-state index in [1.54, 1.807) is 13.0 Å². The van der Waals surface area contributed by atoms with Gasteiger partial charge in [-0.05, 0) is 36.6 Å². The Bertz CT molecular complexity index is 710. The third kappa shape index (κ3) is 3.66. The maximum Gasteiger partial charge on any atom is 0.240 e. The van der Waals surface area contributed by atoms with E-state index in [1.807, 2.05) is 13.0 Å². The maximum atomic E-state index is 12.4. The van der Waals surface area contributed by atoms with Crippen molar-refractivity contribution >= 4 is 10.0 Å². The Hall–Kier alpha value is -1.77. The van der Waals surface area contributed by atoms with Crippen LogP contribution in [0.4, 0.5) is 0 Å². The van der Waals surface area contributed by atoms with E-state index in [2.05, 4.69) is 19.9 Å². The largest absolute Gasteiger partial charge is 0.326 e. The second-order valence-corrected chi connectivity index (χ2v) is 6.56. The van der Waals surface area contributed by atoms with Gasteiger partial charge >= 0.3 is 0 Å². The SMILES string of the molecule is Cc1cc(CN)cc(S(=O)(=O)NCCc2ncn[nH]2)c1C. The van der Waals surface area contributed by atoms with Crippen LogP contribution in [0.5, 0.6) is 0 Å². The number of aromatic nitrogens is 3. The lowest BCUT2D eigenvalue weighted by molar-refractivity contribution is 0.580. The first-order valence-corrected chi connectivity index (χ1v) is 8.06. The van der Waals surface area contributed by atoms with Crippen LogP contribution in [-0.4, -0.2) is 30.1 Å². The standard InChI is InChI=1S/C13H19N5O2S/c1-9-5-11(7-14)6-12(10(9)2)21(19,20)17-4-3-13-15-8-16-18-13/h5-6,8,17H,3-4,7,14H2,1-2H3,(H,15,16,18). The Morgan fingerprint density at radius 1 is 1.33 bits per heavy atom. The van der Waals surface area contributed by atoms with Crippen LogP contribution in [0.25, 0.3) is 0 Å². The van der Waals surface area contributed by atoms with Gasteiger partial charge in [0.1, 0.15) is 12.2 Å². The molecule has 8 heteroatoms. The van der Waals surface area contributed by atoms with Gasteiger partial charge in [0.2, 0.25) is 10.0 Å². The molecule has 1 heterocycles. The summed E-state index contributed by atoms with van der Waals surface area (Å²) in [5.41, 5.74) is 8.06. The summed E-state index contributed by atoms with van der Waals surface area (Å²) in [6, 6.07) is 3.53. The Kier molecular flexibility index (Phi) is 4.71. The number of nitrogens with zero attached hydrogens (tertiary/aromatic N) is 2. The smallest absolute Gasteiger partial charge is 0.240 e. The molecule has 0 aliphatic heterocycles. The van der Waals surface area contributed by atoms with Crippen LogP contribution in [0, 0.1) is 13.8 Å². The van der Waals surface area contributed by atoms with Gasteiger partial charge in [-0.25, -0.2) is 18.1 Å². The van der Waals surface area contributed by atoms with Gasteiger partial charge in [0, 0.05) is 19.5 Å². The van der Waals surface area contributed by atoms with Gasteiger partial charge in [-0.15, -0.1) is 0 Å². The molecule has 4 N–H and O–H groups in total. The second-order valence-electron chi connectivity index (χ2n) is 4.82. The van der Waals surface area contributed by atoms with E-state index < -0.39 is 10.0 Å². The van der Waals surface area contributed by atoms with Crippen molar-refractivity contribution in [3.63, 3.8) is 0 Å². The fraction of sp³-hybridized carbons (Fsp3) is 0.385. The number of benzene rings is 1. The highest BCUT2D eigenvalue weighted by Gasteiger charge is 2.18. The molecule has 0 aliphatic carbocycles. The topological polar surface area (TPSA) is 114 Å². The van der Waals surface area contributed by atoms with E-state index >= 15 is 0 Å². The number of aromatic amines is 1. The fourth-order valence-corrected chi connectivity index (χ4v) is 3.43. The molecule has 1 aromatic heterocycles. The highest BCUT2D eigenvalue weighted by molar-refractivity contribution is 7.89. The van der Waals surface area contributed by atoms with E-state index in [0.29, 0.717) is 18.8 Å². The molecule has 0 saturated carbocycles. The summed E-state index contributed by atoms with van der Waals surface area (Å²) >= 11 is 0. The van der Waals surface area contributed by atoms with Crippen LogP contribution in [0.1, 0.15) is 22.5 Å². The first-order valence-electron chi connectivity index (χ1n) is 6.58. The lowest BCUT2D eigenvalue weighted by Gasteiger charge is -2.12. The Labute approximate surface area is 124 Å². The normalized spacial score (nSPS) is 11.8. The quantitative estimate of drug-likeness (QED) is 0.715. The number of sulfonamides is 1. The number of hydrogen-bond acceptors (Lipinski definition) is 5. The Morgan fingerprint density at radius 2 is 2.10 bits per heavy atom. The Balaban J connectivity index is 2.17. The van der Waals surface area contributed by atoms with Crippen molar-refractivity contribution in [1.29, 1.82) is 0 Å². The number of nitrogens with two attached hydrogens (primary N) is 1. The summed E-state index contributed by atoms with van der Waals surface area (Å²) in [6.45, 7) is 4.23. The minimum Gasteiger partial charge on any atom is -0.326 e. The summed E-state index contributed by atoms with van der Waals surface area (Å²) < 4.78 is 27.4. The van der Waals surface area contributed by atoms with Crippen molar-refractivity contribution in [2.75, 3.05) is 6.54 Å². The molecule has 2 rings (SSSR count). The molecule has 0 fully saturated rings. The minimum atomic E-state index is -3.57. The molecule has 0 aliphatic rings. The van der Waals surface area contributed by atoms with Crippen molar-refractivity contribution in [3.8, 4) is 0 Å². The van der Waals surface area contributed by atoms with Crippen LogP contribution in [0.15, 0.2) is 23.4 Å². The molecule has 0 amide bonds. The molecule has 21 heavy (non-hydrogen) atoms. The summed E-state index contributed by atoms with van der Waals surface area (Å²) in [4.78, 5) is 4.23. The molecule has 0 atom stereocenters. The number of aryl methyl sites for hydroxylation is 1. The third-order valence-electron chi connectivity index (χ3n) is 3.32. The monoisotopic (exact) mass is 309 g/mol.